The summed E-state index contributed by atoms with van der Waals surface area (Å²) in [6.45, 7) is 14.0. The first-order chi connectivity index (χ1) is 10.8. The molecule has 3 heteroatoms. The molecule has 1 aliphatic rings. The quantitative estimate of drug-likeness (QED) is 0.635. The van der Waals surface area contributed by atoms with Crippen LogP contribution in [0.1, 0.15) is 49.7 Å². The van der Waals surface area contributed by atoms with E-state index in [0.29, 0.717) is 12.0 Å². The summed E-state index contributed by atoms with van der Waals surface area (Å²) in [5.41, 5.74) is 6.33. The zero-order valence-corrected chi connectivity index (χ0v) is 14.1. The Bertz CT molecular complexity index is 711. The Balaban J connectivity index is 2.57. The number of carbonyl (C=O) groups is 1. The van der Waals surface area contributed by atoms with E-state index in [0.717, 1.165) is 41.1 Å². The Morgan fingerprint density at radius 3 is 2.61 bits per heavy atom. The molecule has 1 aromatic heterocycles. The first-order valence-corrected chi connectivity index (χ1v) is 7.88. The molecular formula is C20H24O3. The van der Waals surface area contributed by atoms with E-state index in [4.69, 9.17) is 4.42 Å². The van der Waals surface area contributed by atoms with Gasteiger partial charge >= 0.3 is 5.97 Å². The van der Waals surface area contributed by atoms with E-state index in [-0.39, 0.29) is 11.8 Å². The van der Waals surface area contributed by atoms with Crippen molar-refractivity contribution in [2.24, 2.45) is 5.92 Å². The molecule has 1 aliphatic heterocycles. The third kappa shape index (κ3) is 3.94. The number of hydrogen-bond acceptors (Lipinski definition) is 2. The maximum atomic E-state index is 11.4. The minimum absolute atomic E-state index is 0.154. The Morgan fingerprint density at radius 1 is 1.35 bits per heavy atom. The molecular weight excluding hydrogens is 288 g/mol. The number of aliphatic carboxylic acids is 1. The molecule has 0 saturated heterocycles. The van der Waals surface area contributed by atoms with Gasteiger partial charge in [0, 0.05) is 6.42 Å². The van der Waals surface area contributed by atoms with Gasteiger partial charge in [-0.1, -0.05) is 24.3 Å². The Kier molecular flexibility index (Phi) is 5.12. The number of allylic oxidation sites excluding steroid dienone is 2. The minimum atomic E-state index is -0.920. The van der Waals surface area contributed by atoms with Crippen molar-refractivity contribution < 1.29 is 14.3 Å². The van der Waals surface area contributed by atoms with E-state index in [1.807, 2.05) is 26.8 Å². The Labute approximate surface area is 137 Å². The molecule has 1 N–H and O–H groups in total. The van der Waals surface area contributed by atoms with Crippen LogP contribution in [0.3, 0.4) is 0 Å². The molecule has 2 heterocycles. The standard InChI is InChI=1S/C20H24O3/c1-12(2)16-7-6-15(20(21)22)8-9-17(13(3)4)19-10-14(5)18(11-16)23-19/h9-10,16-17H,1,3,6-7,11H2,2,4-5H3,(H,21,22)/t8?,16-,17+/m0/s1. The number of carboxylic acid groups (broad SMARTS) is 1. The summed E-state index contributed by atoms with van der Waals surface area (Å²) in [5.74, 6) is 0.872. The smallest absolute Gasteiger partial charge is 0.339 e. The van der Waals surface area contributed by atoms with Crippen LogP contribution in [0.5, 0.6) is 0 Å². The molecule has 0 aliphatic carbocycles. The fraction of sp³-hybridized carbons (Fsp3) is 0.400. The monoisotopic (exact) mass is 312 g/mol. The van der Waals surface area contributed by atoms with E-state index in [1.54, 1.807) is 6.08 Å². The fourth-order valence-electron chi connectivity index (χ4n) is 2.86. The predicted octanol–water partition coefficient (Wildman–Crippen LogP) is 4.94. The number of carboxylic acids is 1. The van der Waals surface area contributed by atoms with Gasteiger partial charge in [0.15, 0.2) is 0 Å². The number of hydrogen-bond donors (Lipinski definition) is 1. The number of furan rings is 1. The molecule has 3 nitrogen and oxygen atoms in total. The van der Waals surface area contributed by atoms with Gasteiger partial charge in [-0.25, -0.2) is 4.79 Å². The van der Waals surface area contributed by atoms with Gasteiger partial charge in [0.2, 0.25) is 0 Å². The molecule has 1 aromatic rings. The average molecular weight is 312 g/mol. The average Bonchev–Trinajstić information content (AvgIpc) is 2.78. The zero-order chi connectivity index (χ0) is 17.1. The van der Waals surface area contributed by atoms with Crippen molar-refractivity contribution in [2.75, 3.05) is 0 Å². The summed E-state index contributed by atoms with van der Waals surface area (Å²) in [7, 11) is 0. The van der Waals surface area contributed by atoms with Crippen LogP contribution in [0.2, 0.25) is 0 Å². The van der Waals surface area contributed by atoms with Gasteiger partial charge in [0.1, 0.15) is 11.5 Å². The van der Waals surface area contributed by atoms with Crippen LogP contribution in [-0.4, -0.2) is 11.1 Å². The highest BCUT2D eigenvalue weighted by Crippen LogP contribution is 2.32. The molecule has 0 radical (unpaired) electrons. The molecule has 0 spiro atoms. The lowest BCUT2D eigenvalue weighted by Gasteiger charge is -2.16. The van der Waals surface area contributed by atoms with Crippen LogP contribution in [0, 0.1) is 12.8 Å². The lowest BCUT2D eigenvalue weighted by Crippen LogP contribution is -2.09. The molecule has 2 atom stereocenters. The van der Waals surface area contributed by atoms with Crippen molar-refractivity contribution in [3.63, 3.8) is 0 Å². The van der Waals surface area contributed by atoms with Gasteiger partial charge in [0.25, 0.3) is 0 Å². The summed E-state index contributed by atoms with van der Waals surface area (Å²) in [4.78, 5) is 11.4. The third-order valence-corrected chi connectivity index (χ3v) is 4.43. The largest absolute Gasteiger partial charge is 0.477 e. The van der Waals surface area contributed by atoms with Gasteiger partial charge in [-0.05, 0) is 57.2 Å². The van der Waals surface area contributed by atoms with Gasteiger partial charge in [-0.2, -0.15) is 0 Å². The van der Waals surface area contributed by atoms with Crippen LogP contribution >= 0.6 is 0 Å². The first kappa shape index (κ1) is 17.1. The van der Waals surface area contributed by atoms with E-state index in [9.17, 15) is 9.90 Å². The van der Waals surface area contributed by atoms with Gasteiger partial charge in [0.05, 0.1) is 11.5 Å². The van der Waals surface area contributed by atoms with Crippen molar-refractivity contribution in [3.8, 4) is 0 Å². The second-order valence-electron chi connectivity index (χ2n) is 6.46. The maximum Gasteiger partial charge on any atom is 0.339 e. The van der Waals surface area contributed by atoms with Crippen molar-refractivity contribution >= 4 is 5.97 Å². The van der Waals surface area contributed by atoms with Crippen molar-refractivity contribution in [3.05, 3.63) is 64.8 Å². The molecule has 0 unspecified atom stereocenters. The summed E-state index contributed by atoms with van der Waals surface area (Å²) < 4.78 is 6.07. The molecule has 0 saturated carbocycles. The molecule has 2 bridgehead atoms. The summed E-state index contributed by atoms with van der Waals surface area (Å²) in [6, 6.07) is 2.02. The van der Waals surface area contributed by atoms with Crippen LogP contribution in [-0.2, 0) is 11.2 Å². The second-order valence-corrected chi connectivity index (χ2v) is 6.46. The molecule has 2 rings (SSSR count). The highest BCUT2D eigenvalue weighted by molar-refractivity contribution is 5.86. The highest BCUT2D eigenvalue weighted by atomic mass is 16.4. The first-order valence-electron chi connectivity index (χ1n) is 7.88. The third-order valence-electron chi connectivity index (χ3n) is 4.43. The fourth-order valence-corrected chi connectivity index (χ4v) is 2.86. The lowest BCUT2D eigenvalue weighted by atomic mass is 9.89. The van der Waals surface area contributed by atoms with Crippen molar-refractivity contribution in [1.29, 1.82) is 0 Å². The molecule has 0 fully saturated rings. The SMILES string of the molecule is C=C(C)[C@H]1CCC(C(=O)O)=C=C[C@H](C(=C)C)c2cc(C)c(o2)C1. The maximum absolute atomic E-state index is 11.4. The van der Waals surface area contributed by atoms with Gasteiger partial charge in [-0.15, -0.1) is 5.73 Å². The number of aryl methyl sites for hydroxylation is 1. The summed E-state index contributed by atoms with van der Waals surface area (Å²) >= 11 is 0. The molecule has 0 aromatic carbocycles. The lowest BCUT2D eigenvalue weighted by molar-refractivity contribution is -0.132. The normalized spacial score (nSPS) is 21.3. The summed E-state index contributed by atoms with van der Waals surface area (Å²) in [5, 5.41) is 9.39. The highest BCUT2D eigenvalue weighted by Gasteiger charge is 2.22. The molecule has 122 valence electrons. The topological polar surface area (TPSA) is 50.4 Å². The zero-order valence-electron chi connectivity index (χ0n) is 14.1. The molecule has 0 amide bonds. The van der Waals surface area contributed by atoms with Crippen LogP contribution < -0.4 is 0 Å². The molecule has 23 heavy (non-hydrogen) atoms. The second kappa shape index (κ2) is 6.89. The van der Waals surface area contributed by atoms with E-state index in [1.165, 1.54) is 0 Å². The minimum Gasteiger partial charge on any atom is -0.477 e. The van der Waals surface area contributed by atoms with E-state index >= 15 is 0 Å². The number of fused-ring (bicyclic) bond motifs is 2. The van der Waals surface area contributed by atoms with Crippen molar-refractivity contribution in [1.82, 2.24) is 0 Å². The summed E-state index contributed by atoms with van der Waals surface area (Å²) in [6.07, 6.45) is 3.70. The Morgan fingerprint density at radius 2 is 2.04 bits per heavy atom. The predicted molar refractivity (Wildman–Crippen MR) is 91.5 cm³/mol. The Hall–Kier alpha value is -2.25. The van der Waals surface area contributed by atoms with Crippen LogP contribution in [0.25, 0.3) is 0 Å². The van der Waals surface area contributed by atoms with E-state index < -0.39 is 5.97 Å². The van der Waals surface area contributed by atoms with Gasteiger partial charge < -0.3 is 9.52 Å². The van der Waals surface area contributed by atoms with Crippen molar-refractivity contribution in [2.45, 2.75) is 46.0 Å². The number of rotatable bonds is 3. The van der Waals surface area contributed by atoms with Crippen LogP contribution in [0.15, 0.2) is 52.2 Å². The van der Waals surface area contributed by atoms with Crippen LogP contribution in [0.4, 0.5) is 0 Å². The van der Waals surface area contributed by atoms with Gasteiger partial charge in [-0.3, -0.25) is 0 Å². The van der Waals surface area contributed by atoms with E-state index in [2.05, 4.69) is 18.9 Å².